The van der Waals surface area contributed by atoms with Gasteiger partial charge in [0.2, 0.25) is 11.8 Å². The molecule has 1 fully saturated rings. The SMILES string of the molecule is C[C@@H](c1ccccc1)n1cc(COc2cccc3c2CN(C2CCC(=O)NC2=O)C3=O)[nH]1. The lowest BCUT2D eigenvalue weighted by Crippen LogP contribution is -2.52. The first-order chi connectivity index (χ1) is 15.5. The van der Waals surface area contributed by atoms with Gasteiger partial charge in [0.05, 0.1) is 18.3 Å². The van der Waals surface area contributed by atoms with E-state index >= 15 is 0 Å². The smallest absolute Gasteiger partial charge is 0.255 e. The van der Waals surface area contributed by atoms with Gasteiger partial charge in [0.1, 0.15) is 18.4 Å². The molecule has 8 nitrogen and oxygen atoms in total. The number of carbonyl (C=O) groups excluding carboxylic acids is 3. The van der Waals surface area contributed by atoms with Crippen molar-refractivity contribution in [3.63, 3.8) is 0 Å². The Hall–Kier alpha value is -3.81. The summed E-state index contributed by atoms with van der Waals surface area (Å²) in [6.45, 7) is 2.76. The zero-order valence-electron chi connectivity index (χ0n) is 17.7. The van der Waals surface area contributed by atoms with E-state index in [1.165, 1.54) is 10.5 Å². The number of imide groups is 1. The molecule has 5 rings (SSSR count). The van der Waals surface area contributed by atoms with Gasteiger partial charge in [-0.05, 0) is 31.0 Å². The summed E-state index contributed by atoms with van der Waals surface area (Å²) in [6.07, 6.45) is 2.59. The summed E-state index contributed by atoms with van der Waals surface area (Å²) in [5.41, 5.74) is 3.47. The lowest BCUT2D eigenvalue weighted by Gasteiger charge is -2.29. The van der Waals surface area contributed by atoms with Gasteiger partial charge in [0.25, 0.3) is 5.91 Å². The van der Waals surface area contributed by atoms with E-state index in [0.717, 1.165) is 11.3 Å². The van der Waals surface area contributed by atoms with Crippen LogP contribution in [0, 0.1) is 0 Å². The van der Waals surface area contributed by atoms with Gasteiger partial charge in [-0.25, -0.2) is 0 Å². The standard InChI is InChI=1S/C24H24N4O4/c1-15(16-6-3-2-4-7-16)28-12-17(26-28)14-32-21-9-5-8-18-19(21)13-27(24(18)31)20-10-11-22(29)25-23(20)30/h2-9,12,15,20,26H,10-11,13-14H2,1H3,(H,25,29,30)/t15-,20?/m0/s1. The first-order valence-electron chi connectivity index (χ1n) is 10.7. The highest BCUT2D eigenvalue weighted by atomic mass is 16.5. The van der Waals surface area contributed by atoms with Gasteiger partial charge < -0.3 is 9.64 Å². The molecule has 164 valence electrons. The summed E-state index contributed by atoms with van der Waals surface area (Å²) < 4.78 is 8.05. The first-order valence-corrected chi connectivity index (χ1v) is 10.7. The van der Waals surface area contributed by atoms with Crippen molar-refractivity contribution in [2.24, 2.45) is 0 Å². The molecule has 0 radical (unpaired) electrons. The molecule has 8 heteroatoms. The Bertz CT molecular complexity index is 1170. The molecule has 3 heterocycles. The number of H-pyrrole nitrogens is 1. The van der Waals surface area contributed by atoms with E-state index in [-0.39, 0.29) is 24.3 Å². The summed E-state index contributed by atoms with van der Waals surface area (Å²) in [7, 11) is 0. The van der Waals surface area contributed by atoms with Crippen LogP contribution in [0.25, 0.3) is 0 Å². The zero-order chi connectivity index (χ0) is 22.2. The molecule has 2 aromatic carbocycles. The van der Waals surface area contributed by atoms with Crippen LogP contribution in [0.3, 0.4) is 0 Å². The summed E-state index contributed by atoms with van der Waals surface area (Å²) in [4.78, 5) is 38.1. The van der Waals surface area contributed by atoms with E-state index in [2.05, 4.69) is 29.5 Å². The van der Waals surface area contributed by atoms with Crippen molar-refractivity contribution in [2.75, 3.05) is 0 Å². The Morgan fingerprint density at radius 1 is 1.09 bits per heavy atom. The maximum Gasteiger partial charge on any atom is 0.255 e. The van der Waals surface area contributed by atoms with Crippen LogP contribution in [0.4, 0.5) is 0 Å². The van der Waals surface area contributed by atoms with Gasteiger partial charge in [-0.15, -0.1) is 0 Å². The second-order valence-electron chi connectivity index (χ2n) is 8.23. The van der Waals surface area contributed by atoms with Crippen molar-refractivity contribution < 1.29 is 19.1 Å². The fraction of sp³-hybridized carbons (Fsp3) is 0.292. The molecule has 0 aliphatic carbocycles. The predicted molar refractivity (Wildman–Crippen MR) is 116 cm³/mol. The Labute approximate surface area is 185 Å². The van der Waals surface area contributed by atoms with Crippen molar-refractivity contribution in [1.82, 2.24) is 20.0 Å². The minimum absolute atomic E-state index is 0.195. The number of ether oxygens (including phenoxy) is 1. The molecule has 0 spiro atoms. The molecule has 2 atom stereocenters. The van der Waals surface area contributed by atoms with Crippen LogP contribution in [0.15, 0.2) is 54.7 Å². The monoisotopic (exact) mass is 432 g/mol. The molecule has 2 aliphatic heterocycles. The lowest BCUT2D eigenvalue weighted by atomic mass is 10.0. The van der Waals surface area contributed by atoms with E-state index in [1.54, 1.807) is 12.1 Å². The third kappa shape index (κ3) is 3.57. The normalized spacial score (nSPS) is 19.1. The number of rotatable bonds is 6. The number of carbonyl (C=O) groups is 3. The van der Waals surface area contributed by atoms with Gasteiger partial charge in [0.15, 0.2) is 0 Å². The summed E-state index contributed by atoms with van der Waals surface area (Å²) >= 11 is 0. The molecule has 1 aromatic heterocycles. The van der Waals surface area contributed by atoms with Gasteiger partial charge in [0, 0.05) is 23.7 Å². The average molecular weight is 432 g/mol. The summed E-state index contributed by atoms with van der Waals surface area (Å²) in [5, 5.41) is 5.63. The highest BCUT2D eigenvalue weighted by molar-refractivity contribution is 6.05. The number of fused-ring (bicyclic) bond motifs is 1. The van der Waals surface area contributed by atoms with E-state index < -0.39 is 11.9 Å². The number of amides is 3. The fourth-order valence-corrected chi connectivity index (χ4v) is 4.35. The molecule has 0 bridgehead atoms. The van der Waals surface area contributed by atoms with Crippen LogP contribution in [-0.2, 0) is 22.7 Å². The summed E-state index contributed by atoms with van der Waals surface area (Å²) in [6, 6.07) is 15.2. The number of piperidine rings is 1. The van der Waals surface area contributed by atoms with Crippen LogP contribution >= 0.6 is 0 Å². The Morgan fingerprint density at radius 3 is 2.62 bits per heavy atom. The summed E-state index contributed by atoms with van der Waals surface area (Å²) in [5.74, 6) is -0.288. The molecule has 1 unspecified atom stereocenters. The number of hydrogen-bond acceptors (Lipinski definition) is 4. The Kier molecular flexibility index (Phi) is 5.05. The lowest BCUT2D eigenvalue weighted by molar-refractivity contribution is -0.136. The van der Waals surface area contributed by atoms with E-state index in [4.69, 9.17) is 4.74 Å². The van der Waals surface area contributed by atoms with Crippen molar-refractivity contribution in [3.05, 3.63) is 77.1 Å². The van der Waals surface area contributed by atoms with E-state index in [9.17, 15) is 14.4 Å². The minimum atomic E-state index is -0.635. The Morgan fingerprint density at radius 2 is 1.88 bits per heavy atom. The second kappa shape index (κ2) is 8.03. The largest absolute Gasteiger partial charge is 0.487 e. The highest BCUT2D eigenvalue weighted by Crippen LogP contribution is 2.34. The van der Waals surface area contributed by atoms with Gasteiger partial charge in [-0.2, -0.15) is 0 Å². The van der Waals surface area contributed by atoms with Crippen LogP contribution in [0.2, 0.25) is 0 Å². The average Bonchev–Trinajstić information content (AvgIpc) is 3.10. The number of aromatic nitrogens is 2. The van der Waals surface area contributed by atoms with Crippen molar-refractivity contribution in [3.8, 4) is 5.75 Å². The topological polar surface area (TPSA) is 96.4 Å². The van der Waals surface area contributed by atoms with Gasteiger partial charge in [-0.3, -0.25) is 29.5 Å². The molecule has 2 aliphatic rings. The third-order valence-corrected chi connectivity index (χ3v) is 6.19. The van der Waals surface area contributed by atoms with Crippen LogP contribution in [-0.4, -0.2) is 38.4 Å². The predicted octanol–water partition coefficient (Wildman–Crippen LogP) is 2.77. The molecule has 2 N–H and O–H groups in total. The van der Waals surface area contributed by atoms with Crippen molar-refractivity contribution in [1.29, 1.82) is 0 Å². The van der Waals surface area contributed by atoms with Crippen molar-refractivity contribution in [2.45, 2.75) is 45.0 Å². The Balaban J connectivity index is 1.26. The minimum Gasteiger partial charge on any atom is -0.487 e. The molecule has 3 amide bonds. The molecular weight excluding hydrogens is 408 g/mol. The number of nitrogens with one attached hydrogen (secondary N) is 2. The molecule has 1 saturated heterocycles. The van der Waals surface area contributed by atoms with E-state index in [0.29, 0.717) is 30.9 Å². The quantitative estimate of drug-likeness (QED) is 0.586. The van der Waals surface area contributed by atoms with Crippen LogP contribution in [0.5, 0.6) is 5.75 Å². The number of hydrogen-bond donors (Lipinski definition) is 2. The van der Waals surface area contributed by atoms with Crippen molar-refractivity contribution >= 4 is 17.7 Å². The maximum absolute atomic E-state index is 12.9. The third-order valence-electron chi connectivity index (χ3n) is 6.19. The number of benzene rings is 2. The van der Waals surface area contributed by atoms with Gasteiger partial charge >= 0.3 is 0 Å². The zero-order valence-corrected chi connectivity index (χ0v) is 17.7. The number of aromatic amines is 1. The fourth-order valence-electron chi connectivity index (χ4n) is 4.35. The number of nitrogens with zero attached hydrogens (tertiary/aromatic N) is 2. The molecule has 32 heavy (non-hydrogen) atoms. The van der Waals surface area contributed by atoms with E-state index in [1.807, 2.05) is 35.1 Å². The maximum atomic E-state index is 12.9. The van der Waals surface area contributed by atoms with Crippen LogP contribution < -0.4 is 10.1 Å². The van der Waals surface area contributed by atoms with Gasteiger partial charge in [-0.1, -0.05) is 36.4 Å². The second-order valence-corrected chi connectivity index (χ2v) is 8.23. The molecule has 3 aromatic rings. The van der Waals surface area contributed by atoms with Crippen LogP contribution in [0.1, 0.15) is 53.0 Å². The molecular formula is C24H24N4O4. The molecule has 0 saturated carbocycles. The highest BCUT2D eigenvalue weighted by Gasteiger charge is 2.40. The first kappa shape index (κ1) is 20.1.